The van der Waals surface area contributed by atoms with Gasteiger partial charge in [-0.2, -0.15) is 0 Å². The third kappa shape index (κ3) is 3.81. The molecule has 0 bridgehead atoms. The average molecular weight is 303 g/mol. The van der Waals surface area contributed by atoms with Crippen molar-refractivity contribution in [1.29, 1.82) is 0 Å². The Bertz CT molecular complexity index is 520. The Kier molecular flexibility index (Phi) is 4.71. The van der Waals surface area contributed by atoms with Gasteiger partial charge >= 0.3 is 0 Å². The lowest BCUT2D eigenvalue weighted by atomic mass is 10.0. The number of halogens is 1. The van der Waals surface area contributed by atoms with Gasteiger partial charge in [-0.15, -0.1) is 0 Å². The molecule has 2 aromatic carbocycles. The quantitative estimate of drug-likeness (QED) is 0.809. The smallest absolute Gasteiger partial charge is 0.137 e. The van der Waals surface area contributed by atoms with E-state index in [0.29, 0.717) is 12.8 Å². The summed E-state index contributed by atoms with van der Waals surface area (Å²) in [5, 5.41) is 0. The summed E-state index contributed by atoms with van der Waals surface area (Å²) >= 11 is 3.47. The lowest BCUT2D eigenvalue weighted by molar-refractivity contribution is -0.118. The molecular formula is C16H15BrO. The summed E-state index contributed by atoms with van der Waals surface area (Å²) < 4.78 is 1.01. The highest BCUT2D eigenvalue weighted by Gasteiger charge is 2.06. The molecule has 0 spiro atoms. The Balaban J connectivity index is 1.88. The second-order valence-corrected chi connectivity index (χ2v) is 5.15. The Morgan fingerprint density at radius 2 is 1.61 bits per heavy atom. The maximum Gasteiger partial charge on any atom is 0.137 e. The fraction of sp³-hybridized carbons (Fsp3) is 0.188. The molecule has 2 rings (SSSR count). The molecule has 18 heavy (non-hydrogen) atoms. The monoisotopic (exact) mass is 302 g/mol. The molecular weight excluding hydrogens is 288 g/mol. The first kappa shape index (κ1) is 13.0. The predicted molar refractivity (Wildman–Crippen MR) is 77.6 cm³/mol. The van der Waals surface area contributed by atoms with Crippen LogP contribution >= 0.6 is 15.9 Å². The lowest BCUT2D eigenvalue weighted by Crippen LogP contribution is -2.04. The second-order valence-electron chi connectivity index (χ2n) is 4.29. The van der Waals surface area contributed by atoms with Crippen molar-refractivity contribution < 1.29 is 4.79 Å². The van der Waals surface area contributed by atoms with E-state index in [1.54, 1.807) is 0 Å². The normalized spacial score (nSPS) is 10.3. The number of benzene rings is 2. The summed E-state index contributed by atoms with van der Waals surface area (Å²) in [6.07, 6.45) is 1.93. The van der Waals surface area contributed by atoms with Crippen molar-refractivity contribution in [1.82, 2.24) is 0 Å². The molecule has 0 aliphatic rings. The maximum atomic E-state index is 11.9. The molecule has 0 heterocycles. The number of carbonyl (C=O) groups excluding carboxylic acids is 1. The van der Waals surface area contributed by atoms with Gasteiger partial charge in [0.25, 0.3) is 0 Å². The molecule has 0 saturated heterocycles. The van der Waals surface area contributed by atoms with E-state index in [4.69, 9.17) is 0 Å². The number of ketones is 1. The SMILES string of the molecule is O=C(CCc1ccccc1)Cc1ccccc1Br. The lowest BCUT2D eigenvalue weighted by Gasteiger charge is -2.04. The van der Waals surface area contributed by atoms with Crippen molar-refractivity contribution in [3.63, 3.8) is 0 Å². The van der Waals surface area contributed by atoms with Gasteiger partial charge in [0, 0.05) is 17.3 Å². The third-order valence-electron chi connectivity index (χ3n) is 2.88. The highest BCUT2D eigenvalue weighted by Crippen LogP contribution is 2.17. The van der Waals surface area contributed by atoms with Gasteiger partial charge in [-0.05, 0) is 23.6 Å². The fourth-order valence-corrected chi connectivity index (χ4v) is 2.30. The molecule has 0 aliphatic heterocycles. The van der Waals surface area contributed by atoms with Crippen molar-refractivity contribution in [3.8, 4) is 0 Å². The molecule has 2 heteroatoms. The zero-order valence-corrected chi connectivity index (χ0v) is 11.7. The van der Waals surface area contributed by atoms with Crippen LogP contribution in [-0.4, -0.2) is 5.78 Å². The van der Waals surface area contributed by atoms with Gasteiger partial charge < -0.3 is 0 Å². The van der Waals surface area contributed by atoms with Crippen molar-refractivity contribution in [3.05, 3.63) is 70.2 Å². The van der Waals surface area contributed by atoms with Crippen LogP contribution in [0.4, 0.5) is 0 Å². The van der Waals surface area contributed by atoms with E-state index in [9.17, 15) is 4.79 Å². The van der Waals surface area contributed by atoms with Crippen LogP contribution in [0.5, 0.6) is 0 Å². The Morgan fingerprint density at radius 3 is 2.33 bits per heavy atom. The third-order valence-corrected chi connectivity index (χ3v) is 3.65. The molecule has 0 amide bonds. The van der Waals surface area contributed by atoms with Gasteiger partial charge in [0.1, 0.15) is 5.78 Å². The number of carbonyl (C=O) groups is 1. The standard InChI is InChI=1S/C16H15BrO/c17-16-9-5-4-8-14(16)12-15(18)11-10-13-6-2-1-3-7-13/h1-9H,10-12H2. The van der Waals surface area contributed by atoms with E-state index in [1.807, 2.05) is 42.5 Å². The first-order valence-corrected chi connectivity index (χ1v) is 6.84. The summed E-state index contributed by atoms with van der Waals surface area (Å²) in [4.78, 5) is 11.9. The molecule has 1 nitrogen and oxygen atoms in total. The van der Waals surface area contributed by atoms with Gasteiger partial charge in [-0.1, -0.05) is 64.5 Å². The number of Topliss-reactive ketones (excluding diaryl/α,β-unsaturated/α-hetero) is 1. The summed E-state index contributed by atoms with van der Waals surface area (Å²) in [5.74, 6) is 0.283. The van der Waals surface area contributed by atoms with Crippen molar-refractivity contribution in [2.45, 2.75) is 19.3 Å². The minimum absolute atomic E-state index is 0.283. The number of rotatable bonds is 5. The molecule has 2 aromatic rings. The number of aryl methyl sites for hydroxylation is 1. The van der Waals surface area contributed by atoms with E-state index >= 15 is 0 Å². The van der Waals surface area contributed by atoms with Crippen molar-refractivity contribution in [2.75, 3.05) is 0 Å². The van der Waals surface area contributed by atoms with Crippen LogP contribution in [0.3, 0.4) is 0 Å². The van der Waals surface area contributed by atoms with Crippen LogP contribution in [0.1, 0.15) is 17.5 Å². The van der Waals surface area contributed by atoms with E-state index in [-0.39, 0.29) is 5.78 Å². The average Bonchev–Trinajstić information content (AvgIpc) is 2.40. The molecule has 0 aromatic heterocycles. The summed E-state index contributed by atoms with van der Waals surface area (Å²) in [7, 11) is 0. The first-order chi connectivity index (χ1) is 8.75. The highest BCUT2D eigenvalue weighted by molar-refractivity contribution is 9.10. The highest BCUT2D eigenvalue weighted by atomic mass is 79.9. The molecule has 0 unspecified atom stereocenters. The van der Waals surface area contributed by atoms with Crippen LogP contribution in [0.25, 0.3) is 0 Å². The van der Waals surface area contributed by atoms with E-state index in [0.717, 1.165) is 16.5 Å². The van der Waals surface area contributed by atoms with Gasteiger partial charge in [-0.3, -0.25) is 4.79 Å². The summed E-state index contributed by atoms with van der Waals surface area (Å²) in [6.45, 7) is 0. The van der Waals surface area contributed by atoms with Crippen molar-refractivity contribution in [2.24, 2.45) is 0 Å². The Hall–Kier alpha value is -1.41. The second kappa shape index (κ2) is 6.50. The molecule has 0 fully saturated rings. The summed E-state index contributed by atoms with van der Waals surface area (Å²) in [5.41, 5.74) is 2.29. The maximum absolute atomic E-state index is 11.9. The number of hydrogen-bond donors (Lipinski definition) is 0. The first-order valence-electron chi connectivity index (χ1n) is 6.05. The van der Waals surface area contributed by atoms with Crippen LogP contribution in [0.2, 0.25) is 0 Å². The van der Waals surface area contributed by atoms with Gasteiger partial charge in [-0.25, -0.2) is 0 Å². The molecule has 92 valence electrons. The minimum Gasteiger partial charge on any atom is -0.299 e. The molecule has 0 saturated carbocycles. The fourth-order valence-electron chi connectivity index (χ4n) is 1.87. The van der Waals surface area contributed by atoms with Crippen LogP contribution in [0, 0.1) is 0 Å². The van der Waals surface area contributed by atoms with Gasteiger partial charge in [0.05, 0.1) is 0 Å². The zero-order chi connectivity index (χ0) is 12.8. The predicted octanol–water partition coefficient (Wildman–Crippen LogP) is 4.19. The van der Waals surface area contributed by atoms with Crippen molar-refractivity contribution >= 4 is 21.7 Å². The molecule has 0 aliphatic carbocycles. The van der Waals surface area contributed by atoms with Crippen LogP contribution in [-0.2, 0) is 17.6 Å². The van der Waals surface area contributed by atoms with Crippen LogP contribution < -0.4 is 0 Å². The molecule has 0 radical (unpaired) electrons. The Morgan fingerprint density at radius 1 is 0.944 bits per heavy atom. The molecule has 0 N–H and O–H groups in total. The Labute approximate surface area is 116 Å². The number of hydrogen-bond acceptors (Lipinski definition) is 1. The largest absolute Gasteiger partial charge is 0.299 e. The van der Waals surface area contributed by atoms with E-state index < -0.39 is 0 Å². The van der Waals surface area contributed by atoms with E-state index in [1.165, 1.54) is 5.56 Å². The zero-order valence-electron chi connectivity index (χ0n) is 10.1. The van der Waals surface area contributed by atoms with Crippen LogP contribution in [0.15, 0.2) is 59.1 Å². The summed E-state index contributed by atoms with van der Waals surface area (Å²) in [6, 6.07) is 18.0. The van der Waals surface area contributed by atoms with Gasteiger partial charge in [0.2, 0.25) is 0 Å². The van der Waals surface area contributed by atoms with E-state index in [2.05, 4.69) is 28.1 Å². The van der Waals surface area contributed by atoms with Gasteiger partial charge in [0.15, 0.2) is 0 Å². The topological polar surface area (TPSA) is 17.1 Å². The molecule has 0 atom stereocenters. The minimum atomic E-state index is 0.283.